The van der Waals surface area contributed by atoms with Crippen molar-refractivity contribution in [2.24, 2.45) is 5.11 Å². The Morgan fingerprint density at radius 1 is 1.69 bits per heavy atom. The first-order valence-electron chi connectivity index (χ1n) is 3.85. The van der Waals surface area contributed by atoms with Gasteiger partial charge in [0.2, 0.25) is 0 Å². The number of azide groups is 1. The quantitative estimate of drug-likeness (QED) is 0.317. The fraction of sp³-hybridized carbons (Fsp3) is 0.375. The molecule has 1 heterocycles. The Morgan fingerprint density at radius 3 is 3.08 bits per heavy atom. The van der Waals surface area contributed by atoms with Crippen molar-refractivity contribution in [2.45, 2.75) is 18.8 Å². The van der Waals surface area contributed by atoms with Crippen molar-refractivity contribution in [2.75, 3.05) is 0 Å². The van der Waals surface area contributed by atoms with Crippen LogP contribution in [-0.2, 0) is 6.54 Å². The molecule has 1 rings (SSSR count). The van der Waals surface area contributed by atoms with Crippen LogP contribution in [0.2, 0.25) is 0 Å². The van der Waals surface area contributed by atoms with Crippen molar-refractivity contribution in [1.82, 2.24) is 4.98 Å². The van der Waals surface area contributed by atoms with E-state index in [4.69, 9.17) is 17.1 Å². The Kier molecular flexibility index (Phi) is 3.55. The predicted octanol–water partition coefficient (Wildman–Crippen LogP) is 3.19. The van der Waals surface area contributed by atoms with E-state index in [0.29, 0.717) is 0 Å². The van der Waals surface area contributed by atoms with Gasteiger partial charge in [-0.1, -0.05) is 11.2 Å². The van der Waals surface area contributed by atoms with E-state index in [0.717, 1.165) is 11.4 Å². The van der Waals surface area contributed by atoms with Gasteiger partial charge in [-0.15, -0.1) is 11.6 Å². The van der Waals surface area contributed by atoms with Gasteiger partial charge in [0.25, 0.3) is 0 Å². The van der Waals surface area contributed by atoms with E-state index < -0.39 is 0 Å². The Bertz CT molecular complexity index is 331. The molecule has 1 atom stereocenters. The van der Waals surface area contributed by atoms with Gasteiger partial charge in [0.1, 0.15) is 0 Å². The summed E-state index contributed by atoms with van der Waals surface area (Å²) in [5, 5.41) is 3.30. The summed E-state index contributed by atoms with van der Waals surface area (Å²) in [6.45, 7) is 2.12. The molecule has 0 aliphatic carbocycles. The molecule has 0 spiro atoms. The molecule has 0 saturated heterocycles. The van der Waals surface area contributed by atoms with Gasteiger partial charge in [0.05, 0.1) is 17.6 Å². The number of rotatable bonds is 3. The van der Waals surface area contributed by atoms with Crippen LogP contribution in [0.4, 0.5) is 0 Å². The van der Waals surface area contributed by atoms with E-state index in [1.807, 2.05) is 19.1 Å². The fourth-order valence-corrected chi connectivity index (χ4v) is 1.03. The summed E-state index contributed by atoms with van der Waals surface area (Å²) < 4.78 is 0. The minimum atomic E-state index is -0.119. The highest BCUT2D eigenvalue weighted by Crippen LogP contribution is 2.16. The molecule has 0 fully saturated rings. The molecule has 13 heavy (non-hydrogen) atoms. The summed E-state index contributed by atoms with van der Waals surface area (Å²) in [4.78, 5) is 6.87. The highest BCUT2D eigenvalue weighted by molar-refractivity contribution is 6.20. The van der Waals surface area contributed by atoms with Crippen molar-refractivity contribution in [3.05, 3.63) is 40.0 Å². The Hall–Kier alpha value is -1.25. The van der Waals surface area contributed by atoms with Gasteiger partial charge < -0.3 is 0 Å². The van der Waals surface area contributed by atoms with Gasteiger partial charge in [0.15, 0.2) is 0 Å². The fourth-order valence-electron chi connectivity index (χ4n) is 0.912. The molecule has 0 aromatic carbocycles. The molecule has 0 amide bonds. The smallest absolute Gasteiger partial charge is 0.0729 e. The number of alkyl halides is 1. The number of pyridine rings is 1. The Morgan fingerprint density at radius 2 is 2.46 bits per heavy atom. The molecule has 5 heteroatoms. The van der Waals surface area contributed by atoms with E-state index in [2.05, 4.69) is 15.0 Å². The topological polar surface area (TPSA) is 61.7 Å². The molecule has 0 aliphatic rings. The zero-order valence-electron chi connectivity index (χ0n) is 7.18. The third kappa shape index (κ3) is 2.93. The van der Waals surface area contributed by atoms with Gasteiger partial charge in [-0.3, -0.25) is 4.98 Å². The molecular weight excluding hydrogens is 188 g/mol. The summed E-state index contributed by atoms with van der Waals surface area (Å²) >= 11 is 5.84. The summed E-state index contributed by atoms with van der Waals surface area (Å²) in [7, 11) is 0. The Labute approximate surface area is 81.2 Å². The molecule has 4 nitrogen and oxygen atoms in total. The standard InChI is InChI=1S/C8H9ClN4/c1-6(9)8-4-2-3-7(12-8)5-11-13-10/h2-4,6H,5H2,1H3/t6-/m1/s1. The van der Waals surface area contributed by atoms with Crippen LogP contribution in [0, 0.1) is 0 Å². The minimum Gasteiger partial charge on any atom is -0.256 e. The van der Waals surface area contributed by atoms with Crippen LogP contribution >= 0.6 is 11.6 Å². The van der Waals surface area contributed by atoms with Crippen molar-refractivity contribution in [3.63, 3.8) is 0 Å². The Balaban J connectivity index is 2.85. The molecular formula is C8H9ClN4. The summed E-state index contributed by atoms with van der Waals surface area (Å²) in [5.41, 5.74) is 9.65. The van der Waals surface area contributed by atoms with Crippen molar-refractivity contribution in [3.8, 4) is 0 Å². The van der Waals surface area contributed by atoms with E-state index in [-0.39, 0.29) is 11.9 Å². The molecule has 1 aromatic rings. The highest BCUT2D eigenvalue weighted by Gasteiger charge is 2.02. The maximum atomic E-state index is 8.11. The lowest BCUT2D eigenvalue weighted by Crippen LogP contribution is -1.94. The van der Waals surface area contributed by atoms with Crippen molar-refractivity contribution in [1.29, 1.82) is 0 Å². The monoisotopic (exact) mass is 196 g/mol. The van der Waals surface area contributed by atoms with Crippen LogP contribution in [0.5, 0.6) is 0 Å². The van der Waals surface area contributed by atoms with E-state index in [1.54, 1.807) is 6.07 Å². The predicted molar refractivity (Wildman–Crippen MR) is 51.4 cm³/mol. The molecule has 0 bridgehead atoms. The van der Waals surface area contributed by atoms with Crippen LogP contribution in [0.15, 0.2) is 23.3 Å². The van der Waals surface area contributed by atoms with Crippen molar-refractivity contribution < 1.29 is 0 Å². The first kappa shape index (κ1) is 9.84. The summed E-state index contributed by atoms with van der Waals surface area (Å²) in [5.74, 6) is 0. The van der Waals surface area contributed by atoms with Crippen LogP contribution in [0.3, 0.4) is 0 Å². The lowest BCUT2D eigenvalue weighted by Gasteiger charge is -2.03. The molecule has 0 saturated carbocycles. The summed E-state index contributed by atoms with van der Waals surface area (Å²) in [6.07, 6.45) is 0. The van der Waals surface area contributed by atoms with Crippen LogP contribution in [-0.4, -0.2) is 4.98 Å². The maximum absolute atomic E-state index is 8.11. The zero-order chi connectivity index (χ0) is 9.68. The average Bonchev–Trinajstić information content (AvgIpc) is 2.15. The van der Waals surface area contributed by atoms with Gasteiger partial charge in [0, 0.05) is 10.6 Å². The maximum Gasteiger partial charge on any atom is 0.0729 e. The van der Waals surface area contributed by atoms with Gasteiger partial charge in [-0.2, -0.15) is 0 Å². The normalized spacial score (nSPS) is 11.8. The van der Waals surface area contributed by atoms with Gasteiger partial charge >= 0.3 is 0 Å². The van der Waals surface area contributed by atoms with E-state index in [9.17, 15) is 0 Å². The molecule has 0 N–H and O–H groups in total. The minimum absolute atomic E-state index is 0.119. The first-order valence-corrected chi connectivity index (χ1v) is 4.28. The first-order chi connectivity index (χ1) is 6.24. The van der Waals surface area contributed by atoms with Gasteiger partial charge in [-0.05, 0) is 24.6 Å². The number of hydrogen-bond donors (Lipinski definition) is 0. The lowest BCUT2D eigenvalue weighted by atomic mass is 10.2. The largest absolute Gasteiger partial charge is 0.256 e. The second kappa shape index (κ2) is 4.70. The van der Waals surface area contributed by atoms with Gasteiger partial charge in [-0.25, -0.2) is 0 Å². The van der Waals surface area contributed by atoms with E-state index >= 15 is 0 Å². The highest BCUT2D eigenvalue weighted by atomic mass is 35.5. The summed E-state index contributed by atoms with van der Waals surface area (Å²) in [6, 6.07) is 5.50. The third-order valence-corrected chi connectivity index (χ3v) is 1.76. The number of aromatic nitrogens is 1. The van der Waals surface area contributed by atoms with Crippen LogP contribution < -0.4 is 0 Å². The average molecular weight is 197 g/mol. The van der Waals surface area contributed by atoms with Crippen molar-refractivity contribution >= 4 is 11.6 Å². The van der Waals surface area contributed by atoms with Crippen LogP contribution in [0.25, 0.3) is 10.4 Å². The molecule has 1 aromatic heterocycles. The van der Waals surface area contributed by atoms with E-state index in [1.165, 1.54) is 0 Å². The SMILES string of the molecule is C[C@@H](Cl)c1cccc(CN=[N+]=[N-])n1. The molecule has 0 radical (unpaired) electrons. The number of nitrogens with zero attached hydrogens (tertiary/aromatic N) is 4. The molecule has 0 aliphatic heterocycles. The molecule has 68 valence electrons. The third-order valence-electron chi connectivity index (χ3n) is 1.53. The zero-order valence-corrected chi connectivity index (χ0v) is 7.94. The molecule has 0 unspecified atom stereocenters. The number of halogens is 1. The second-order valence-electron chi connectivity index (χ2n) is 2.56. The lowest BCUT2D eigenvalue weighted by molar-refractivity contribution is 0.911. The second-order valence-corrected chi connectivity index (χ2v) is 3.21. The van der Waals surface area contributed by atoms with Crippen LogP contribution in [0.1, 0.15) is 23.7 Å². The number of hydrogen-bond acceptors (Lipinski definition) is 2.